The fraction of sp³-hybridized carbons (Fsp3) is 0.462. The van der Waals surface area contributed by atoms with E-state index in [-0.39, 0.29) is 11.8 Å². The molecule has 0 aliphatic rings. The Balaban J connectivity index is 2.48. The van der Waals surface area contributed by atoms with Gasteiger partial charge < -0.3 is 5.11 Å². The molecule has 1 aromatic rings. The molecule has 0 aliphatic carbocycles. The zero-order chi connectivity index (χ0) is 13.6. The van der Waals surface area contributed by atoms with Gasteiger partial charge in [-0.2, -0.15) is 0 Å². The standard InChI is InChI=1S/C13H19NO3S/c1-11(8-9-18(16,17)12(2)15)14-10-13-6-4-3-5-7-13/h3-7,10-12,15H,8-9H2,1-2H3. The van der Waals surface area contributed by atoms with E-state index in [2.05, 4.69) is 4.99 Å². The minimum absolute atomic E-state index is 0.0437. The van der Waals surface area contributed by atoms with Crippen LogP contribution >= 0.6 is 0 Å². The molecular formula is C13H19NO3S. The van der Waals surface area contributed by atoms with Gasteiger partial charge in [0.1, 0.15) is 0 Å². The summed E-state index contributed by atoms with van der Waals surface area (Å²) in [6, 6.07) is 9.55. The number of hydrogen-bond acceptors (Lipinski definition) is 4. The summed E-state index contributed by atoms with van der Waals surface area (Å²) < 4.78 is 22.8. The second-order valence-electron chi connectivity index (χ2n) is 4.29. The van der Waals surface area contributed by atoms with Crippen LogP contribution in [0.2, 0.25) is 0 Å². The molecule has 0 bridgehead atoms. The molecule has 0 saturated heterocycles. The van der Waals surface area contributed by atoms with Gasteiger partial charge in [0.15, 0.2) is 15.3 Å². The Hall–Kier alpha value is -1.20. The molecule has 18 heavy (non-hydrogen) atoms. The van der Waals surface area contributed by atoms with Crippen molar-refractivity contribution in [2.75, 3.05) is 5.75 Å². The quantitative estimate of drug-likeness (QED) is 0.798. The van der Waals surface area contributed by atoms with Crippen LogP contribution in [0.25, 0.3) is 0 Å². The second kappa shape index (κ2) is 6.66. The van der Waals surface area contributed by atoms with Crippen molar-refractivity contribution in [3.8, 4) is 0 Å². The Morgan fingerprint density at radius 3 is 2.44 bits per heavy atom. The van der Waals surface area contributed by atoms with E-state index >= 15 is 0 Å². The van der Waals surface area contributed by atoms with Crippen LogP contribution in [-0.4, -0.2) is 37.0 Å². The zero-order valence-electron chi connectivity index (χ0n) is 10.7. The molecule has 4 nitrogen and oxygen atoms in total. The zero-order valence-corrected chi connectivity index (χ0v) is 11.5. The topological polar surface area (TPSA) is 66.7 Å². The lowest BCUT2D eigenvalue weighted by Crippen LogP contribution is -2.22. The van der Waals surface area contributed by atoms with Gasteiger partial charge in [0.25, 0.3) is 0 Å². The van der Waals surface area contributed by atoms with Gasteiger partial charge in [0.2, 0.25) is 0 Å². The number of aliphatic imine (C=N–C) groups is 1. The summed E-state index contributed by atoms with van der Waals surface area (Å²) in [5.74, 6) is -0.0437. The largest absolute Gasteiger partial charge is 0.377 e. The maximum atomic E-state index is 11.4. The van der Waals surface area contributed by atoms with Crippen molar-refractivity contribution in [1.82, 2.24) is 0 Å². The van der Waals surface area contributed by atoms with E-state index in [1.165, 1.54) is 6.92 Å². The minimum atomic E-state index is -3.39. The predicted molar refractivity (Wildman–Crippen MR) is 73.6 cm³/mol. The smallest absolute Gasteiger partial charge is 0.176 e. The fourth-order valence-corrected chi connectivity index (χ4v) is 2.34. The molecule has 0 saturated carbocycles. The minimum Gasteiger partial charge on any atom is -0.377 e. The third kappa shape index (κ3) is 4.98. The van der Waals surface area contributed by atoms with Crippen LogP contribution in [0.15, 0.2) is 35.3 Å². The van der Waals surface area contributed by atoms with E-state index in [0.29, 0.717) is 6.42 Å². The first-order valence-electron chi connectivity index (χ1n) is 5.89. The normalized spacial score (nSPS) is 15.7. The summed E-state index contributed by atoms with van der Waals surface area (Å²) in [5, 5.41) is 9.07. The molecule has 0 aromatic heterocycles. The Morgan fingerprint density at radius 2 is 1.89 bits per heavy atom. The molecule has 1 N–H and O–H groups in total. The Labute approximate surface area is 108 Å². The van der Waals surface area contributed by atoms with E-state index in [1.807, 2.05) is 37.3 Å². The molecule has 2 unspecified atom stereocenters. The SMILES string of the molecule is CC(CCS(=O)(=O)C(C)O)N=Cc1ccccc1. The number of hydrogen-bond donors (Lipinski definition) is 1. The van der Waals surface area contributed by atoms with Crippen molar-refractivity contribution in [3.63, 3.8) is 0 Å². The average molecular weight is 269 g/mol. The number of benzene rings is 1. The summed E-state index contributed by atoms with van der Waals surface area (Å²) in [5.41, 5.74) is -0.314. The molecule has 0 fully saturated rings. The third-order valence-electron chi connectivity index (χ3n) is 2.62. The molecule has 5 heteroatoms. The summed E-state index contributed by atoms with van der Waals surface area (Å²) in [4.78, 5) is 4.29. The third-order valence-corrected chi connectivity index (χ3v) is 4.46. The number of nitrogens with zero attached hydrogens (tertiary/aromatic N) is 1. The van der Waals surface area contributed by atoms with Crippen molar-refractivity contribution in [1.29, 1.82) is 0 Å². The van der Waals surface area contributed by atoms with Crippen LogP contribution in [0.5, 0.6) is 0 Å². The van der Waals surface area contributed by atoms with Gasteiger partial charge in [0, 0.05) is 12.3 Å². The fourth-order valence-electron chi connectivity index (χ4n) is 1.33. The highest BCUT2D eigenvalue weighted by Crippen LogP contribution is 2.05. The molecule has 0 spiro atoms. The number of rotatable bonds is 6. The first-order chi connectivity index (χ1) is 8.42. The van der Waals surface area contributed by atoms with Crippen molar-refractivity contribution in [2.24, 2.45) is 4.99 Å². The van der Waals surface area contributed by atoms with Gasteiger partial charge in [-0.3, -0.25) is 4.99 Å². The lowest BCUT2D eigenvalue weighted by molar-refractivity contribution is 0.268. The number of aliphatic hydroxyl groups is 1. The molecule has 0 amide bonds. The van der Waals surface area contributed by atoms with Crippen LogP contribution in [0.4, 0.5) is 0 Å². The summed E-state index contributed by atoms with van der Waals surface area (Å²) in [6.07, 6.45) is 2.15. The molecule has 100 valence electrons. The lowest BCUT2D eigenvalue weighted by Gasteiger charge is -2.09. The van der Waals surface area contributed by atoms with Crippen molar-refractivity contribution >= 4 is 16.1 Å². The highest BCUT2D eigenvalue weighted by atomic mass is 32.2. The van der Waals surface area contributed by atoms with Gasteiger partial charge in [-0.05, 0) is 25.8 Å². The highest BCUT2D eigenvalue weighted by molar-refractivity contribution is 7.91. The summed E-state index contributed by atoms with van der Waals surface area (Å²) in [6.45, 7) is 3.13. The highest BCUT2D eigenvalue weighted by Gasteiger charge is 2.18. The van der Waals surface area contributed by atoms with E-state index in [4.69, 9.17) is 5.11 Å². The first-order valence-corrected chi connectivity index (χ1v) is 7.61. The van der Waals surface area contributed by atoms with E-state index < -0.39 is 15.3 Å². The molecule has 0 heterocycles. The molecule has 0 radical (unpaired) electrons. The van der Waals surface area contributed by atoms with Crippen LogP contribution in [-0.2, 0) is 9.84 Å². The molecule has 2 atom stereocenters. The maximum Gasteiger partial charge on any atom is 0.176 e. The van der Waals surface area contributed by atoms with Crippen LogP contribution in [0.3, 0.4) is 0 Å². The lowest BCUT2D eigenvalue weighted by atomic mass is 10.2. The van der Waals surface area contributed by atoms with Gasteiger partial charge >= 0.3 is 0 Å². The molecule has 0 aliphatic heterocycles. The van der Waals surface area contributed by atoms with Crippen molar-refractivity contribution in [2.45, 2.75) is 31.7 Å². The van der Waals surface area contributed by atoms with Gasteiger partial charge in [0.05, 0.1) is 5.75 Å². The average Bonchev–Trinajstić information content (AvgIpc) is 2.35. The van der Waals surface area contributed by atoms with Crippen molar-refractivity contribution in [3.05, 3.63) is 35.9 Å². The van der Waals surface area contributed by atoms with Crippen LogP contribution in [0.1, 0.15) is 25.8 Å². The summed E-state index contributed by atoms with van der Waals surface area (Å²) >= 11 is 0. The van der Waals surface area contributed by atoms with E-state index in [0.717, 1.165) is 5.56 Å². The Kier molecular flexibility index (Phi) is 5.50. The van der Waals surface area contributed by atoms with Gasteiger partial charge in [-0.25, -0.2) is 8.42 Å². The maximum absolute atomic E-state index is 11.4. The molecule has 1 aromatic carbocycles. The monoisotopic (exact) mass is 269 g/mol. The Morgan fingerprint density at radius 1 is 1.28 bits per heavy atom. The van der Waals surface area contributed by atoms with E-state index in [1.54, 1.807) is 6.21 Å². The second-order valence-corrected chi connectivity index (χ2v) is 6.71. The number of aliphatic hydroxyl groups excluding tert-OH is 1. The van der Waals surface area contributed by atoms with E-state index in [9.17, 15) is 8.42 Å². The van der Waals surface area contributed by atoms with Crippen molar-refractivity contribution < 1.29 is 13.5 Å². The van der Waals surface area contributed by atoms with Gasteiger partial charge in [-0.15, -0.1) is 0 Å². The molecular weight excluding hydrogens is 250 g/mol. The Bertz CT molecular complexity index is 480. The number of sulfone groups is 1. The predicted octanol–water partition coefficient (Wildman–Crippen LogP) is 1.64. The summed E-state index contributed by atoms with van der Waals surface area (Å²) in [7, 11) is -3.39. The van der Waals surface area contributed by atoms with Gasteiger partial charge in [-0.1, -0.05) is 30.3 Å². The molecule has 1 rings (SSSR count). The van der Waals surface area contributed by atoms with Crippen LogP contribution in [0, 0.1) is 0 Å². The first kappa shape index (κ1) is 14.9. The van der Waals surface area contributed by atoms with Crippen LogP contribution < -0.4 is 0 Å².